The number of aryl methyl sites for hydroxylation is 1. The largest absolute Gasteiger partial charge is 0.497 e. The minimum atomic E-state index is -0.125. The number of rotatable bonds is 7. The SMILES string of the molecule is COc1ccc(CN2CCN(C(=O)CCNC(=O)c3ccccc3C)CC2)cc1. The van der Waals surface area contributed by atoms with Gasteiger partial charge in [-0.1, -0.05) is 30.3 Å². The molecule has 154 valence electrons. The van der Waals surface area contributed by atoms with E-state index in [2.05, 4.69) is 22.3 Å². The molecule has 0 bridgehead atoms. The highest BCUT2D eigenvalue weighted by Crippen LogP contribution is 2.14. The number of nitrogens with one attached hydrogen (secondary N) is 1. The Bertz CT molecular complexity index is 828. The number of carbonyl (C=O) groups is 2. The van der Waals surface area contributed by atoms with Crippen LogP contribution in [0.25, 0.3) is 0 Å². The van der Waals surface area contributed by atoms with E-state index in [-0.39, 0.29) is 11.8 Å². The van der Waals surface area contributed by atoms with Crippen LogP contribution < -0.4 is 10.1 Å². The molecule has 2 aromatic carbocycles. The van der Waals surface area contributed by atoms with Crippen molar-refractivity contribution >= 4 is 11.8 Å². The molecule has 1 saturated heterocycles. The first kappa shape index (κ1) is 20.9. The first-order chi connectivity index (χ1) is 14.1. The molecule has 2 aromatic rings. The summed E-state index contributed by atoms with van der Waals surface area (Å²) < 4.78 is 5.19. The van der Waals surface area contributed by atoms with Crippen molar-refractivity contribution in [3.8, 4) is 5.75 Å². The fraction of sp³-hybridized carbons (Fsp3) is 0.391. The van der Waals surface area contributed by atoms with Gasteiger partial charge in [-0.2, -0.15) is 0 Å². The number of carbonyl (C=O) groups excluding carboxylic acids is 2. The molecule has 1 heterocycles. The monoisotopic (exact) mass is 395 g/mol. The summed E-state index contributed by atoms with van der Waals surface area (Å²) in [4.78, 5) is 28.9. The summed E-state index contributed by atoms with van der Waals surface area (Å²) in [5.74, 6) is 0.832. The van der Waals surface area contributed by atoms with Gasteiger partial charge in [0.1, 0.15) is 5.75 Å². The van der Waals surface area contributed by atoms with Gasteiger partial charge >= 0.3 is 0 Å². The van der Waals surface area contributed by atoms with E-state index in [1.165, 1.54) is 5.56 Å². The lowest BCUT2D eigenvalue weighted by Gasteiger charge is -2.34. The highest BCUT2D eigenvalue weighted by atomic mass is 16.5. The minimum Gasteiger partial charge on any atom is -0.497 e. The highest BCUT2D eigenvalue weighted by molar-refractivity contribution is 5.95. The van der Waals surface area contributed by atoms with Crippen molar-refractivity contribution in [3.05, 3.63) is 65.2 Å². The summed E-state index contributed by atoms with van der Waals surface area (Å²) in [5.41, 5.74) is 2.83. The van der Waals surface area contributed by atoms with E-state index in [9.17, 15) is 9.59 Å². The van der Waals surface area contributed by atoms with Crippen LogP contribution in [0.15, 0.2) is 48.5 Å². The fourth-order valence-corrected chi connectivity index (χ4v) is 3.51. The molecule has 1 fully saturated rings. The Morgan fingerprint density at radius 2 is 1.69 bits per heavy atom. The molecule has 2 amide bonds. The number of hydrogen-bond donors (Lipinski definition) is 1. The van der Waals surface area contributed by atoms with Crippen molar-refractivity contribution in [2.45, 2.75) is 19.9 Å². The minimum absolute atomic E-state index is 0.0965. The molecule has 6 nitrogen and oxygen atoms in total. The summed E-state index contributed by atoms with van der Waals surface area (Å²) in [6.07, 6.45) is 0.329. The molecule has 29 heavy (non-hydrogen) atoms. The zero-order valence-corrected chi connectivity index (χ0v) is 17.2. The second-order valence-electron chi connectivity index (χ2n) is 7.33. The smallest absolute Gasteiger partial charge is 0.251 e. The number of benzene rings is 2. The maximum atomic E-state index is 12.5. The Morgan fingerprint density at radius 1 is 1.00 bits per heavy atom. The lowest BCUT2D eigenvalue weighted by molar-refractivity contribution is -0.132. The van der Waals surface area contributed by atoms with Crippen LogP contribution >= 0.6 is 0 Å². The second-order valence-corrected chi connectivity index (χ2v) is 7.33. The molecule has 6 heteroatoms. The third-order valence-corrected chi connectivity index (χ3v) is 5.30. The van der Waals surface area contributed by atoms with Gasteiger partial charge in [-0.05, 0) is 36.2 Å². The van der Waals surface area contributed by atoms with E-state index in [0.29, 0.717) is 18.5 Å². The Labute approximate surface area is 172 Å². The van der Waals surface area contributed by atoms with Gasteiger partial charge in [0.15, 0.2) is 0 Å². The van der Waals surface area contributed by atoms with Gasteiger partial charge in [0.25, 0.3) is 5.91 Å². The van der Waals surface area contributed by atoms with E-state index >= 15 is 0 Å². The van der Waals surface area contributed by atoms with Gasteiger partial charge in [-0.3, -0.25) is 14.5 Å². The Hall–Kier alpha value is -2.86. The maximum Gasteiger partial charge on any atom is 0.251 e. The van der Waals surface area contributed by atoms with Gasteiger partial charge in [0, 0.05) is 51.3 Å². The normalized spacial score (nSPS) is 14.5. The van der Waals surface area contributed by atoms with Crippen LogP contribution in [0.4, 0.5) is 0 Å². The average molecular weight is 396 g/mol. The van der Waals surface area contributed by atoms with Gasteiger partial charge in [-0.25, -0.2) is 0 Å². The molecule has 1 N–H and O–H groups in total. The molecule has 0 atom stereocenters. The average Bonchev–Trinajstić information content (AvgIpc) is 2.75. The summed E-state index contributed by atoms with van der Waals surface area (Å²) in [6.45, 7) is 6.30. The first-order valence-corrected chi connectivity index (χ1v) is 10.0. The number of amides is 2. The van der Waals surface area contributed by atoms with Crippen molar-refractivity contribution in [3.63, 3.8) is 0 Å². The summed E-state index contributed by atoms with van der Waals surface area (Å²) in [6, 6.07) is 15.6. The van der Waals surface area contributed by atoms with E-state index in [1.807, 2.05) is 42.2 Å². The summed E-state index contributed by atoms with van der Waals surface area (Å²) in [5, 5.41) is 2.85. The van der Waals surface area contributed by atoms with E-state index in [0.717, 1.165) is 44.0 Å². The second kappa shape index (κ2) is 10.1. The zero-order valence-electron chi connectivity index (χ0n) is 17.2. The van der Waals surface area contributed by atoms with Crippen LogP contribution in [0, 0.1) is 6.92 Å². The third-order valence-electron chi connectivity index (χ3n) is 5.30. The third kappa shape index (κ3) is 5.81. The Balaban J connectivity index is 1.38. The Morgan fingerprint density at radius 3 is 2.34 bits per heavy atom. The lowest BCUT2D eigenvalue weighted by atomic mass is 10.1. The lowest BCUT2D eigenvalue weighted by Crippen LogP contribution is -2.48. The molecular weight excluding hydrogens is 366 g/mol. The van der Waals surface area contributed by atoms with Crippen molar-refractivity contribution < 1.29 is 14.3 Å². The van der Waals surface area contributed by atoms with Crippen LogP contribution in [0.2, 0.25) is 0 Å². The highest BCUT2D eigenvalue weighted by Gasteiger charge is 2.21. The van der Waals surface area contributed by atoms with Crippen LogP contribution in [-0.4, -0.2) is 61.4 Å². The van der Waals surface area contributed by atoms with Crippen molar-refractivity contribution in [1.82, 2.24) is 15.1 Å². The topological polar surface area (TPSA) is 61.9 Å². The van der Waals surface area contributed by atoms with Gasteiger partial charge in [-0.15, -0.1) is 0 Å². The van der Waals surface area contributed by atoms with Crippen LogP contribution in [0.1, 0.15) is 27.9 Å². The van der Waals surface area contributed by atoms with Crippen LogP contribution in [0.3, 0.4) is 0 Å². The molecule has 0 aromatic heterocycles. The Kier molecular flexibility index (Phi) is 7.25. The summed E-state index contributed by atoms with van der Waals surface area (Å²) in [7, 11) is 1.67. The molecule has 0 unspecified atom stereocenters. The summed E-state index contributed by atoms with van der Waals surface area (Å²) >= 11 is 0. The number of nitrogens with zero attached hydrogens (tertiary/aromatic N) is 2. The molecule has 0 spiro atoms. The molecule has 0 aliphatic carbocycles. The predicted octanol–water partition coefficient (Wildman–Crippen LogP) is 2.47. The molecule has 0 saturated carbocycles. The quantitative estimate of drug-likeness (QED) is 0.782. The standard InChI is InChI=1S/C23H29N3O3/c1-18-5-3-4-6-21(18)23(28)24-12-11-22(27)26-15-13-25(14-16-26)17-19-7-9-20(29-2)10-8-19/h3-10H,11-17H2,1-2H3,(H,24,28). The van der Waals surface area contributed by atoms with Crippen LogP contribution in [0.5, 0.6) is 5.75 Å². The van der Waals surface area contributed by atoms with Gasteiger partial charge < -0.3 is 15.0 Å². The predicted molar refractivity (Wildman–Crippen MR) is 113 cm³/mol. The number of hydrogen-bond acceptors (Lipinski definition) is 4. The molecule has 0 radical (unpaired) electrons. The maximum absolute atomic E-state index is 12.5. The van der Waals surface area contributed by atoms with Gasteiger partial charge in [0.05, 0.1) is 7.11 Å². The van der Waals surface area contributed by atoms with Crippen LogP contribution in [-0.2, 0) is 11.3 Å². The van der Waals surface area contributed by atoms with E-state index in [4.69, 9.17) is 4.74 Å². The van der Waals surface area contributed by atoms with E-state index in [1.54, 1.807) is 13.2 Å². The molecule has 1 aliphatic heterocycles. The van der Waals surface area contributed by atoms with Crippen molar-refractivity contribution in [1.29, 1.82) is 0 Å². The molecule has 1 aliphatic rings. The van der Waals surface area contributed by atoms with Gasteiger partial charge in [0.2, 0.25) is 5.91 Å². The fourth-order valence-electron chi connectivity index (χ4n) is 3.51. The number of ether oxygens (including phenoxy) is 1. The van der Waals surface area contributed by atoms with Crippen molar-refractivity contribution in [2.24, 2.45) is 0 Å². The molecule has 3 rings (SSSR count). The zero-order chi connectivity index (χ0) is 20.6. The van der Waals surface area contributed by atoms with E-state index < -0.39 is 0 Å². The first-order valence-electron chi connectivity index (χ1n) is 10.0. The number of piperazine rings is 1. The molecular formula is C23H29N3O3. The van der Waals surface area contributed by atoms with Crippen molar-refractivity contribution in [2.75, 3.05) is 39.8 Å². The number of methoxy groups -OCH3 is 1.